The minimum atomic E-state index is -0.588. The van der Waals surface area contributed by atoms with Gasteiger partial charge in [-0.25, -0.2) is 4.99 Å². The predicted molar refractivity (Wildman–Crippen MR) is 107 cm³/mol. The van der Waals surface area contributed by atoms with Gasteiger partial charge in [0.05, 0.1) is 13.1 Å². The highest BCUT2D eigenvalue weighted by Gasteiger charge is 2.28. The number of nitrogens with two attached hydrogens (primary N) is 1. The molecule has 0 unspecified atom stereocenters. The van der Waals surface area contributed by atoms with Gasteiger partial charge in [0.15, 0.2) is 5.96 Å². The third-order valence-corrected chi connectivity index (χ3v) is 4.07. The van der Waals surface area contributed by atoms with Gasteiger partial charge in [-0.05, 0) is 37.5 Å². The lowest BCUT2D eigenvalue weighted by molar-refractivity contribution is -0.122. The van der Waals surface area contributed by atoms with Crippen LogP contribution in [0.15, 0.2) is 29.3 Å². The molecule has 0 heterocycles. The van der Waals surface area contributed by atoms with Gasteiger partial charge in [0.1, 0.15) is 0 Å². The van der Waals surface area contributed by atoms with Crippen LogP contribution in [0.25, 0.3) is 0 Å². The number of aliphatic imine (C=N–C) groups is 1. The van der Waals surface area contributed by atoms with Crippen molar-refractivity contribution < 1.29 is 14.4 Å². The maximum atomic E-state index is 11.9. The van der Waals surface area contributed by atoms with Gasteiger partial charge >= 0.3 is 0 Å². The smallest absolute Gasteiger partial charge is 0.251 e. The van der Waals surface area contributed by atoms with Crippen LogP contribution in [0.4, 0.5) is 0 Å². The number of nitrogens with zero attached hydrogens (tertiary/aromatic N) is 1. The Morgan fingerprint density at radius 3 is 2.32 bits per heavy atom. The second-order valence-corrected chi connectivity index (χ2v) is 6.53. The molecule has 3 amide bonds. The SMILES string of the molecule is CCNC(=NCc1ccc(C(=O)NCC(N)=O)cc1)NCCNC(=O)C1CC1. The van der Waals surface area contributed by atoms with Crippen LogP contribution < -0.4 is 27.0 Å². The molecule has 0 aliphatic heterocycles. The molecule has 1 aliphatic carbocycles. The van der Waals surface area contributed by atoms with Crippen LogP contribution >= 0.6 is 0 Å². The average Bonchev–Trinajstić information content (AvgIpc) is 3.53. The third-order valence-electron chi connectivity index (χ3n) is 4.07. The number of amides is 3. The summed E-state index contributed by atoms with van der Waals surface area (Å²) in [6, 6.07) is 6.97. The second-order valence-electron chi connectivity index (χ2n) is 6.53. The van der Waals surface area contributed by atoms with E-state index in [0.29, 0.717) is 31.2 Å². The topological polar surface area (TPSA) is 138 Å². The van der Waals surface area contributed by atoms with E-state index >= 15 is 0 Å². The Morgan fingerprint density at radius 1 is 1.04 bits per heavy atom. The van der Waals surface area contributed by atoms with Crippen LogP contribution in [0.5, 0.6) is 0 Å². The van der Waals surface area contributed by atoms with Crippen LogP contribution in [0, 0.1) is 5.92 Å². The van der Waals surface area contributed by atoms with Crippen LogP contribution in [0.3, 0.4) is 0 Å². The van der Waals surface area contributed by atoms with Gasteiger partial charge in [-0.3, -0.25) is 14.4 Å². The van der Waals surface area contributed by atoms with Crippen molar-refractivity contribution in [2.45, 2.75) is 26.3 Å². The van der Waals surface area contributed by atoms with E-state index in [4.69, 9.17) is 5.73 Å². The Morgan fingerprint density at radius 2 is 1.71 bits per heavy atom. The zero-order chi connectivity index (χ0) is 20.4. The number of hydrogen-bond acceptors (Lipinski definition) is 4. The molecule has 1 aliphatic rings. The van der Waals surface area contributed by atoms with Crippen LogP contribution in [0.1, 0.15) is 35.7 Å². The Bertz CT molecular complexity index is 713. The number of primary amides is 1. The molecule has 1 fully saturated rings. The van der Waals surface area contributed by atoms with Gasteiger partial charge in [-0.1, -0.05) is 12.1 Å². The normalized spacial score (nSPS) is 13.5. The highest BCUT2D eigenvalue weighted by atomic mass is 16.2. The van der Waals surface area contributed by atoms with Crippen LogP contribution in [-0.4, -0.2) is 49.9 Å². The van der Waals surface area contributed by atoms with Crippen LogP contribution in [0.2, 0.25) is 0 Å². The van der Waals surface area contributed by atoms with Crippen molar-refractivity contribution in [3.63, 3.8) is 0 Å². The standard InChI is InChI=1S/C19H28N6O3/c1-2-21-19(23-10-9-22-17(27)15-7-8-15)25-11-13-3-5-14(6-4-13)18(28)24-12-16(20)26/h3-6,15H,2,7-12H2,1H3,(H2,20,26)(H,22,27)(H,24,28)(H2,21,23,25). The van der Waals surface area contributed by atoms with Gasteiger partial charge < -0.3 is 27.0 Å². The first-order valence-electron chi connectivity index (χ1n) is 9.45. The molecule has 0 spiro atoms. The lowest BCUT2D eigenvalue weighted by atomic mass is 10.1. The molecule has 0 aromatic heterocycles. The number of carbonyl (C=O) groups excluding carboxylic acids is 3. The number of rotatable bonds is 10. The van der Waals surface area contributed by atoms with E-state index in [-0.39, 0.29) is 24.3 Å². The predicted octanol–water partition coefficient (Wildman–Crippen LogP) is -0.517. The van der Waals surface area contributed by atoms with Crippen molar-refractivity contribution in [2.75, 3.05) is 26.2 Å². The summed E-state index contributed by atoms with van der Waals surface area (Å²) in [5, 5.41) is 11.7. The van der Waals surface area contributed by atoms with Crippen molar-refractivity contribution in [1.29, 1.82) is 0 Å². The fourth-order valence-corrected chi connectivity index (χ4v) is 2.40. The minimum Gasteiger partial charge on any atom is -0.368 e. The quantitative estimate of drug-likeness (QED) is 0.209. The second kappa shape index (κ2) is 10.9. The van der Waals surface area contributed by atoms with Crippen molar-refractivity contribution in [3.05, 3.63) is 35.4 Å². The number of benzene rings is 1. The van der Waals surface area contributed by atoms with Gasteiger partial charge in [0.2, 0.25) is 11.8 Å². The first-order chi connectivity index (χ1) is 13.5. The van der Waals surface area contributed by atoms with E-state index in [2.05, 4.69) is 26.3 Å². The first-order valence-corrected chi connectivity index (χ1v) is 9.45. The van der Waals surface area contributed by atoms with Crippen molar-refractivity contribution >= 4 is 23.7 Å². The molecular weight excluding hydrogens is 360 g/mol. The van der Waals surface area contributed by atoms with E-state index in [0.717, 1.165) is 24.9 Å². The summed E-state index contributed by atoms with van der Waals surface area (Å²) in [4.78, 5) is 38.7. The van der Waals surface area contributed by atoms with Crippen molar-refractivity contribution in [1.82, 2.24) is 21.3 Å². The molecule has 1 saturated carbocycles. The Labute approximate surface area is 164 Å². The Balaban J connectivity index is 1.79. The molecule has 1 aromatic carbocycles. The Hall–Kier alpha value is -3.10. The molecule has 9 heteroatoms. The zero-order valence-corrected chi connectivity index (χ0v) is 16.1. The molecule has 2 rings (SSSR count). The monoisotopic (exact) mass is 388 g/mol. The molecule has 0 atom stereocenters. The van der Waals surface area contributed by atoms with Crippen molar-refractivity contribution in [2.24, 2.45) is 16.6 Å². The lowest BCUT2D eigenvalue weighted by Crippen LogP contribution is -2.41. The molecular formula is C19H28N6O3. The van der Waals surface area contributed by atoms with E-state index in [9.17, 15) is 14.4 Å². The van der Waals surface area contributed by atoms with Crippen molar-refractivity contribution in [3.8, 4) is 0 Å². The largest absolute Gasteiger partial charge is 0.368 e. The molecule has 1 aromatic rings. The van der Waals surface area contributed by atoms with Gasteiger partial charge in [0, 0.05) is 31.1 Å². The fraction of sp³-hybridized carbons (Fsp3) is 0.474. The van der Waals surface area contributed by atoms with E-state index in [1.807, 2.05) is 19.1 Å². The number of carbonyl (C=O) groups is 3. The van der Waals surface area contributed by atoms with E-state index < -0.39 is 5.91 Å². The summed E-state index contributed by atoms with van der Waals surface area (Å²) in [6.07, 6.45) is 1.99. The average molecular weight is 388 g/mol. The Kier molecular flexibility index (Phi) is 8.26. The molecule has 0 radical (unpaired) electrons. The zero-order valence-electron chi connectivity index (χ0n) is 16.1. The van der Waals surface area contributed by atoms with Gasteiger partial charge in [-0.15, -0.1) is 0 Å². The number of hydrogen-bond donors (Lipinski definition) is 5. The van der Waals surface area contributed by atoms with E-state index in [1.54, 1.807) is 12.1 Å². The summed E-state index contributed by atoms with van der Waals surface area (Å²) in [5.74, 6) is 0.0601. The number of guanidine groups is 1. The molecule has 9 nitrogen and oxygen atoms in total. The fourth-order valence-electron chi connectivity index (χ4n) is 2.40. The summed E-state index contributed by atoms with van der Waals surface area (Å²) in [5.41, 5.74) is 6.39. The highest BCUT2D eigenvalue weighted by Crippen LogP contribution is 2.28. The highest BCUT2D eigenvalue weighted by molar-refractivity contribution is 5.96. The summed E-state index contributed by atoms with van der Waals surface area (Å²) in [7, 11) is 0. The lowest BCUT2D eigenvalue weighted by Gasteiger charge is -2.12. The summed E-state index contributed by atoms with van der Waals surface area (Å²) in [6.45, 7) is 4.08. The molecule has 0 bridgehead atoms. The minimum absolute atomic E-state index is 0.128. The van der Waals surface area contributed by atoms with Crippen LogP contribution in [-0.2, 0) is 16.1 Å². The molecule has 6 N–H and O–H groups in total. The summed E-state index contributed by atoms with van der Waals surface area (Å²) < 4.78 is 0. The summed E-state index contributed by atoms with van der Waals surface area (Å²) >= 11 is 0. The van der Waals surface area contributed by atoms with Gasteiger partial charge in [-0.2, -0.15) is 0 Å². The molecule has 28 heavy (non-hydrogen) atoms. The maximum Gasteiger partial charge on any atom is 0.251 e. The third kappa shape index (κ3) is 7.65. The molecule has 152 valence electrons. The first kappa shape index (κ1) is 21.2. The van der Waals surface area contributed by atoms with E-state index in [1.165, 1.54) is 0 Å². The maximum absolute atomic E-state index is 11.9. The van der Waals surface area contributed by atoms with Gasteiger partial charge in [0.25, 0.3) is 5.91 Å². The number of nitrogens with one attached hydrogen (secondary N) is 4. The molecule has 0 saturated heterocycles.